The number of hydrogen-bond acceptors (Lipinski definition) is 14. The SMILES string of the molecule is CCCCCCCCCC/C=C\CCCCCCCCCCCCOCC(COC1OC(COC2OC(CO)C(O)C(O)C2O)C(O)C(O)C1O)OC(=O)CCCCCCCCCCCCCC. The van der Waals surface area contributed by atoms with Crippen LogP contribution >= 0.6 is 0 Å². The first kappa shape index (κ1) is 62.8. The summed E-state index contributed by atoms with van der Waals surface area (Å²) < 4.78 is 34.3. The van der Waals surface area contributed by atoms with E-state index in [2.05, 4.69) is 26.0 Å². The summed E-state index contributed by atoms with van der Waals surface area (Å²) in [6, 6.07) is 0. The van der Waals surface area contributed by atoms with E-state index in [0.29, 0.717) is 13.0 Å². The van der Waals surface area contributed by atoms with E-state index in [0.717, 1.165) is 38.5 Å². The summed E-state index contributed by atoms with van der Waals surface area (Å²) in [4.78, 5) is 13.0. The first-order valence-electron chi connectivity index (χ1n) is 27.8. The van der Waals surface area contributed by atoms with Crippen LogP contribution in [0.15, 0.2) is 12.2 Å². The number of aliphatic hydroxyl groups is 7. The van der Waals surface area contributed by atoms with Crippen LogP contribution in [0.4, 0.5) is 0 Å². The van der Waals surface area contributed by atoms with Crippen LogP contribution < -0.4 is 0 Å². The van der Waals surface area contributed by atoms with Crippen molar-refractivity contribution >= 4 is 5.97 Å². The number of ether oxygens (including phenoxy) is 6. The molecule has 0 aromatic heterocycles. The molecule has 11 unspecified atom stereocenters. The summed E-state index contributed by atoms with van der Waals surface area (Å²) in [6.07, 6.45) is 28.5. The van der Waals surface area contributed by atoms with Crippen molar-refractivity contribution in [3.05, 3.63) is 12.2 Å². The minimum Gasteiger partial charge on any atom is -0.457 e. The van der Waals surface area contributed by atoms with Crippen LogP contribution in [0, 0.1) is 0 Å². The molecule has 7 N–H and O–H groups in total. The molecule has 0 saturated carbocycles. The number of rotatable bonds is 45. The summed E-state index contributed by atoms with van der Waals surface area (Å²) in [5.74, 6) is -0.373. The second-order valence-electron chi connectivity index (χ2n) is 19.8. The molecule has 68 heavy (non-hydrogen) atoms. The zero-order chi connectivity index (χ0) is 49.5. The molecule has 402 valence electrons. The number of carbonyl (C=O) groups excluding carboxylic acids is 1. The van der Waals surface area contributed by atoms with E-state index in [1.807, 2.05) is 0 Å². The van der Waals surface area contributed by atoms with Gasteiger partial charge in [-0.2, -0.15) is 0 Å². The third kappa shape index (κ3) is 29.3. The average Bonchev–Trinajstić information content (AvgIpc) is 3.33. The van der Waals surface area contributed by atoms with Crippen LogP contribution in [-0.4, -0.2) is 142 Å². The van der Waals surface area contributed by atoms with Gasteiger partial charge in [0.2, 0.25) is 0 Å². The largest absolute Gasteiger partial charge is 0.457 e. The normalized spacial score (nSPS) is 25.9. The lowest BCUT2D eigenvalue weighted by Crippen LogP contribution is -2.61. The first-order valence-corrected chi connectivity index (χ1v) is 27.8. The fourth-order valence-electron chi connectivity index (χ4n) is 8.99. The molecule has 2 fully saturated rings. The van der Waals surface area contributed by atoms with Gasteiger partial charge in [-0.15, -0.1) is 0 Å². The predicted molar refractivity (Wildman–Crippen MR) is 266 cm³/mol. The lowest BCUT2D eigenvalue weighted by molar-refractivity contribution is -0.332. The number of hydrogen-bond donors (Lipinski definition) is 7. The number of unbranched alkanes of at least 4 members (excludes halogenated alkanes) is 29. The Bertz CT molecular complexity index is 1180. The lowest BCUT2D eigenvalue weighted by Gasteiger charge is -2.42. The Labute approximate surface area is 412 Å². The van der Waals surface area contributed by atoms with Gasteiger partial charge in [-0.05, 0) is 38.5 Å². The molecule has 2 saturated heterocycles. The molecule has 0 bridgehead atoms. The van der Waals surface area contributed by atoms with Gasteiger partial charge in [0.15, 0.2) is 12.6 Å². The quantitative estimate of drug-likeness (QED) is 0.0172. The van der Waals surface area contributed by atoms with Gasteiger partial charge >= 0.3 is 5.97 Å². The van der Waals surface area contributed by atoms with Crippen molar-refractivity contribution in [3.63, 3.8) is 0 Å². The smallest absolute Gasteiger partial charge is 0.306 e. The Balaban J connectivity index is 1.70. The van der Waals surface area contributed by atoms with Crippen LogP contribution in [-0.2, 0) is 33.2 Å². The molecule has 2 aliphatic rings. The Kier molecular flexibility index (Phi) is 39.1. The average molecular weight is 975 g/mol. The third-order valence-corrected chi connectivity index (χ3v) is 13.5. The maximum atomic E-state index is 13.0. The van der Waals surface area contributed by atoms with Gasteiger partial charge in [-0.25, -0.2) is 0 Å². The fourth-order valence-corrected chi connectivity index (χ4v) is 8.99. The summed E-state index contributed by atoms with van der Waals surface area (Å²) in [6.45, 7) is 3.72. The van der Waals surface area contributed by atoms with E-state index < -0.39 is 80.7 Å². The van der Waals surface area contributed by atoms with Gasteiger partial charge < -0.3 is 64.2 Å². The van der Waals surface area contributed by atoms with Crippen molar-refractivity contribution in [3.8, 4) is 0 Å². The number of aliphatic hydroxyl groups excluding tert-OH is 7. The zero-order valence-corrected chi connectivity index (χ0v) is 42.9. The summed E-state index contributed by atoms with van der Waals surface area (Å²) in [5.41, 5.74) is 0. The number of allylic oxidation sites excluding steroid dienone is 2. The van der Waals surface area contributed by atoms with Gasteiger partial charge in [0.05, 0.1) is 26.4 Å². The van der Waals surface area contributed by atoms with Gasteiger partial charge in [0.1, 0.15) is 54.9 Å². The molecule has 0 aromatic rings. The maximum absolute atomic E-state index is 13.0. The van der Waals surface area contributed by atoms with Crippen molar-refractivity contribution in [2.75, 3.05) is 33.0 Å². The van der Waals surface area contributed by atoms with Crippen molar-refractivity contribution in [2.45, 2.75) is 293 Å². The highest BCUT2D eigenvalue weighted by atomic mass is 16.7. The summed E-state index contributed by atoms with van der Waals surface area (Å²) in [5, 5.41) is 72.2. The molecule has 0 radical (unpaired) electrons. The molecule has 0 amide bonds. The van der Waals surface area contributed by atoms with Gasteiger partial charge in [0.25, 0.3) is 0 Å². The summed E-state index contributed by atoms with van der Waals surface area (Å²) >= 11 is 0. The minimum absolute atomic E-state index is 0.0663. The van der Waals surface area contributed by atoms with Crippen LogP contribution in [0.25, 0.3) is 0 Å². The monoisotopic (exact) mass is 975 g/mol. The highest BCUT2D eigenvalue weighted by Gasteiger charge is 2.47. The standard InChI is InChI=1S/C54H102O14/c1-3-5-7-9-11-13-15-17-18-19-20-21-22-23-24-25-26-28-30-32-34-36-38-63-40-43(66-46(56)37-35-33-31-29-27-16-14-12-10-8-6-4-2)41-64-53-52(62)50(60)48(58)45(68-53)42-65-54-51(61)49(59)47(57)44(39-55)67-54/h19-20,43-45,47-55,57-62H,3-18,21-42H2,1-2H3/b20-19-. The van der Waals surface area contributed by atoms with Gasteiger partial charge in [0, 0.05) is 13.0 Å². The molecule has 2 heterocycles. The Morgan fingerprint density at radius 2 is 0.868 bits per heavy atom. The molecule has 0 aliphatic carbocycles. The highest BCUT2D eigenvalue weighted by Crippen LogP contribution is 2.27. The second kappa shape index (κ2) is 42.3. The van der Waals surface area contributed by atoms with Gasteiger partial charge in [-0.1, -0.05) is 193 Å². The van der Waals surface area contributed by atoms with Crippen LogP contribution in [0.2, 0.25) is 0 Å². The molecule has 14 heteroatoms. The zero-order valence-electron chi connectivity index (χ0n) is 42.9. The van der Waals surface area contributed by atoms with Crippen molar-refractivity contribution in [2.24, 2.45) is 0 Å². The van der Waals surface area contributed by atoms with Gasteiger partial charge in [-0.3, -0.25) is 4.79 Å². The molecule has 2 aliphatic heterocycles. The van der Waals surface area contributed by atoms with E-state index in [9.17, 15) is 40.5 Å². The van der Waals surface area contributed by atoms with Crippen molar-refractivity contribution < 1.29 is 69.0 Å². The third-order valence-electron chi connectivity index (χ3n) is 13.5. The number of esters is 1. The summed E-state index contributed by atoms with van der Waals surface area (Å²) in [7, 11) is 0. The minimum atomic E-state index is -1.70. The topological polar surface area (TPSA) is 214 Å². The van der Waals surface area contributed by atoms with E-state index in [1.165, 1.54) is 161 Å². The molecule has 0 aromatic carbocycles. The van der Waals surface area contributed by atoms with Crippen molar-refractivity contribution in [1.82, 2.24) is 0 Å². The molecule has 14 nitrogen and oxygen atoms in total. The van der Waals surface area contributed by atoms with E-state index in [-0.39, 0.29) is 25.6 Å². The molecule has 2 rings (SSSR count). The molecule has 11 atom stereocenters. The Hall–Kier alpha value is -1.27. The Morgan fingerprint density at radius 1 is 0.471 bits per heavy atom. The molecule has 0 spiro atoms. The van der Waals surface area contributed by atoms with Crippen molar-refractivity contribution in [1.29, 1.82) is 0 Å². The van der Waals surface area contributed by atoms with E-state index in [4.69, 9.17) is 28.4 Å². The number of carbonyl (C=O) groups is 1. The van der Waals surface area contributed by atoms with E-state index in [1.54, 1.807) is 0 Å². The molecular formula is C54H102O14. The van der Waals surface area contributed by atoms with Crippen LogP contribution in [0.1, 0.15) is 226 Å². The lowest BCUT2D eigenvalue weighted by atomic mass is 9.98. The second-order valence-corrected chi connectivity index (χ2v) is 19.8. The molecular weight excluding hydrogens is 873 g/mol. The Morgan fingerprint density at radius 3 is 1.34 bits per heavy atom. The maximum Gasteiger partial charge on any atom is 0.306 e. The van der Waals surface area contributed by atoms with Crippen LogP contribution in [0.5, 0.6) is 0 Å². The predicted octanol–water partition coefficient (Wildman–Crippen LogP) is 9.02. The fraction of sp³-hybridized carbons (Fsp3) is 0.944. The van der Waals surface area contributed by atoms with E-state index >= 15 is 0 Å². The highest BCUT2D eigenvalue weighted by molar-refractivity contribution is 5.69. The first-order chi connectivity index (χ1) is 33.1. The van der Waals surface area contributed by atoms with Crippen LogP contribution in [0.3, 0.4) is 0 Å².